The van der Waals surface area contributed by atoms with Crippen LogP contribution >= 0.6 is 0 Å². The zero-order valence-corrected chi connectivity index (χ0v) is 8.93. The van der Waals surface area contributed by atoms with Crippen LogP contribution in [-0.2, 0) is 13.0 Å². The minimum Gasteiger partial charge on any atom is -0.508 e. The van der Waals surface area contributed by atoms with Crippen LogP contribution in [0.5, 0.6) is 5.75 Å². The molecule has 0 saturated heterocycles. The molecule has 2 aromatic carbocycles. The molecular formula is C14H14O2. The van der Waals surface area contributed by atoms with Gasteiger partial charge in [-0.3, -0.25) is 0 Å². The van der Waals surface area contributed by atoms with Gasteiger partial charge in [-0.25, -0.2) is 0 Å². The molecule has 0 aliphatic carbocycles. The number of phenolic OH excluding ortho intramolecular Hbond substituents is 1. The molecule has 82 valence electrons. The van der Waals surface area contributed by atoms with E-state index in [-0.39, 0.29) is 6.61 Å². The molecule has 2 aromatic rings. The third kappa shape index (κ3) is 2.61. The van der Waals surface area contributed by atoms with Crippen molar-refractivity contribution in [3.8, 4) is 5.75 Å². The third-order valence-corrected chi connectivity index (χ3v) is 2.55. The number of aliphatic hydroxyl groups excluding tert-OH is 1. The average Bonchev–Trinajstić information content (AvgIpc) is 2.33. The average molecular weight is 214 g/mol. The van der Waals surface area contributed by atoms with E-state index >= 15 is 0 Å². The predicted molar refractivity (Wildman–Crippen MR) is 63.3 cm³/mol. The van der Waals surface area contributed by atoms with Gasteiger partial charge in [0.25, 0.3) is 0 Å². The molecule has 0 aliphatic heterocycles. The molecule has 2 rings (SSSR count). The van der Waals surface area contributed by atoms with E-state index in [0.29, 0.717) is 5.75 Å². The summed E-state index contributed by atoms with van der Waals surface area (Å²) < 4.78 is 0. The van der Waals surface area contributed by atoms with Crippen molar-refractivity contribution >= 4 is 0 Å². The zero-order chi connectivity index (χ0) is 11.4. The highest BCUT2D eigenvalue weighted by Crippen LogP contribution is 2.14. The molecule has 0 fully saturated rings. The number of hydrogen-bond acceptors (Lipinski definition) is 2. The highest BCUT2D eigenvalue weighted by Gasteiger charge is 1.97. The van der Waals surface area contributed by atoms with Crippen LogP contribution < -0.4 is 0 Å². The summed E-state index contributed by atoms with van der Waals surface area (Å²) in [4.78, 5) is 0. The molecule has 2 nitrogen and oxygen atoms in total. The molecule has 0 saturated carbocycles. The van der Waals surface area contributed by atoms with Gasteiger partial charge in [-0.15, -0.1) is 0 Å². The molecular weight excluding hydrogens is 200 g/mol. The lowest BCUT2D eigenvalue weighted by molar-refractivity contribution is 0.282. The molecule has 0 unspecified atom stereocenters. The Hall–Kier alpha value is -1.80. The molecule has 0 aromatic heterocycles. The summed E-state index contributed by atoms with van der Waals surface area (Å²) in [5.41, 5.74) is 3.28. The van der Waals surface area contributed by atoms with Crippen molar-refractivity contribution in [2.45, 2.75) is 13.0 Å². The molecule has 0 aliphatic rings. The Bertz CT molecular complexity index is 443. The minimum atomic E-state index is 0.0828. The van der Waals surface area contributed by atoms with Gasteiger partial charge in [-0.05, 0) is 35.2 Å². The number of phenols is 1. The first-order valence-corrected chi connectivity index (χ1v) is 5.24. The van der Waals surface area contributed by atoms with Gasteiger partial charge in [0.15, 0.2) is 0 Å². The maximum Gasteiger partial charge on any atom is 0.115 e. The van der Waals surface area contributed by atoms with Crippen LogP contribution in [0.3, 0.4) is 0 Å². The van der Waals surface area contributed by atoms with Gasteiger partial charge < -0.3 is 10.2 Å². The summed E-state index contributed by atoms with van der Waals surface area (Å²) in [6.07, 6.45) is 0.839. The Morgan fingerprint density at radius 3 is 1.62 bits per heavy atom. The maximum atomic E-state index is 9.16. The van der Waals surface area contributed by atoms with Crippen LogP contribution in [0.4, 0.5) is 0 Å². The van der Waals surface area contributed by atoms with Crippen molar-refractivity contribution in [3.05, 3.63) is 65.2 Å². The topological polar surface area (TPSA) is 40.5 Å². The SMILES string of the molecule is OCc1ccc(Cc2ccc(O)cc2)cc1. The number of hydrogen-bond donors (Lipinski definition) is 2. The van der Waals surface area contributed by atoms with Gasteiger partial charge in [0, 0.05) is 0 Å². The lowest BCUT2D eigenvalue weighted by Gasteiger charge is -2.03. The molecule has 0 amide bonds. The summed E-state index contributed by atoms with van der Waals surface area (Å²) in [5.74, 6) is 0.291. The standard InChI is InChI=1S/C14H14O2/c15-10-13-3-1-11(2-4-13)9-12-5-7-14(16)8-6-12/h1-8,15-16H,9-10H2. The lowest BCUT2D eigenvalue weighted by atomic mass is 10.0. The third-order valence-electron chi connectivity index (χ3n) is 2.55. The Balaban J connectivity index is 2.11. The quantitative estimate of drug-likeness (QED) is 0.824. The van der Waals surface area contributed by atoms with E-state index in [2.05, 4.69) is 0 Å². The second kappa shape index (κ2) is 4.81. The van der Waals surface area contributed by atoms with E-state index < -0.39 is 0 Å². The van der Waals surface area contributed by atoms with E-state index in [4.69, 9.17) is 10.2 Å². The smallest absolute Gasteiger partial charge is 0.115 e. The molecule has 0 bridgehead atoms. The second-order valence-electron chi connectivity index (χ2n) is 3.82. The van der Waals surface area contributed by atoms with Crippen LogP contribution in [0.15, 0.2) is 48.5 Å². The molecule has 0 heterocycles. The van der Waals surface area contributed by atoms with Crippen molar-refractivity contribution in [2.24, 2.45) is 0 Å². The Labute approximate surface area is 94.8 Å². The first kappa shape index (κ1) is 10.7. The summed E-state index contributed by atoms with van der Waals surface area (Å²) in [5, 5.41) is 18.1. The fourth-order valence-corrected chi connectivity index (χ4v) is 1.61. The lowest BCUT2D eigenvalue weighted by Crippen LogP contribution is -1.89. The van der Waals surface area contributed by atoms with Gasteiger partial charge in [0.05, 0.1) is 6.61 Å². The first-order chi connectivity index (χ1) is 7.78. The maximum absolute atomic E-state index is 9.16. The fourth-order valence-electron chi connectivity index (χ4n) is 1.61. The highest BCUT2D eigenvalue weighted by atomic mass is 16.3. The van der Waals surface area contributed by atoms with Crippen molar-refractivity contribution in [1.29, 1.82) is 0 Å². The molecule has 2 heteroatoms. The summed E-state index contributed by atoms with van der Waals surface area (Å²) in [7, 11) is 0. The van der Waals surface area contributed by atoms with Gasteiger partial charge in [-0.1, -0.05) is 36.4 Å². The van der Waals surface area contributed by atoms with Crippen molar-refractivity contribution in [1.82, 2.24) is 0 Å². The van der Waals surface area contributed by atoms with Gasteiger partial charge in [0.1, 0.15) is 5.75 Å². The van der Waals surface area contributed by atoms with E-state index in [1.165, 1.54) is 5.56 Å². The van der Waals surface area contributed by atoms with Crippen LogP contribution in [0.2, 0.25) is 0 Å². The number of benzene rings is 2. The van der Waals surface area contributed by atoms with E-state index in [9.17, 15) is 0 Å². The Morgan fingerprint density at radius 1 is 0.688 bits per heavy atom. The molecule has 0 radical (unpaired) electrons. The summed E-state index contributed by atoms with van der Waals surface area (Å²) in [6.45, 7) is 0.0828. The Morgan fingerprint density at radius 2 is 1.12 bits per heavy atom. The summed E-state index contributed by atoms with van der Waals surface area (Å²) >= 11 is 0. The number of aromatic hydroxyl groups is 1. The Kier molecular flexibility index (Phi) is 3.22. The van der Waals surface area contributed by atoms with E-state index in [1.54, 1.807) is 12.1 Å². The van der Waals surface area contributed by atoms with Gasteiger partial charge >= 0.3 is 0 Å². The van der Waals surface area contributed by atoms with Crippen LogP contribution in [0, 0.1) is 0 Å². The van der Waals surface area contributed by atoms with Crippen LogP contribution in [0.1, 0.15) is 16.7 Å². The fraction of sp³-hybridized carbons (Fsp3) is 0.143. The monoisotopic (exact) mass is 214 g/mol. The van der Waals surface area contributed by atoms with Crippen molar-refractivity contribution in [2.75, 3.05) is 0 Å². The van der Waals surface area contributed by atoms with E-state index in [0.717, 1.165) is 17.5 Å². The predicted octanol–water partition coefficient (Wildman–Crippen LogP) is 2.48. The van der Waals surface area contributed by atoms with Crippen LogP contribution in [-0.4, -0.2) is 10.2 Å². The van der Waals surface area contributed by atoms with Crippen LogP contribution in [0.25, 0.3) is 0 Å². The second-order valence-corrected chi connectivity index (χ2v) is 3.82. The molecule has 0 spiro atoms. The zero-order valence-electron chi connectivity index (χ0n) is 8.93. The van der Waals surface area contributed by atoms with E-state index in [1.807, 2.05) is 36.4 Å². The van der Waals surface area contributed by atoms with Crippen molar-refractivity contribution in [3.63, 3.8) is 0 Å². The molecule has 0 atom stereocenters. The number of aliphatic hydroxyl groups is 1. The largest absolute Gasteiger partial charge is 0.508 e. The first-order valence-electron chi connectivity index (χ1n) is 5.24. The van der Waals surface area contributed by atoms with Gasteiger partial charge in [-0.2, -0.15) is 0 Å². The summed E-state index contributed by atoms with van der Waals surface area (Å²) in [6, 6.07) is 15.1. The van der Waals surface area contributed by atoms with Crippen molar-refractivity contribution < 1.29 is 10.2 Å². The highest BCUT2D eigenvalue weighted by molar-refractivity contribution is 5.31. The molecule has 16 heavy (non-hydrogen) atoms. The normalized spacial score (nSPS) is 10.3. The minimum absolute atomic E-state index is 0.0828. The number of rotatable bonds is 3. The molecule has 2 N–H and O–H groups in total. The van der Waals surface area contributed by atoms with Gasteiger partial charge in [0.2, 0.25) is 0 Å².